The van der Waals surface area contributed by atoms with Crippen molar-refractivity contribution in [2.45, 2.75) is 25.2 Å². The maximum absolute atomic E-state index is 13.1. The highest BCUT2D eigenvalue weighted by atomic mass is 16.5. The van der Waals surface area contributed by atoms with Crippen LogP contribution in [0.1, 0.15) is 30.7 Å². The summed E-state index contributed by atoms with van der Waals surface area (Å²) in [4.78, 5) is 40.8. The Balaban J connectivity index is 2.02. The van der Waals surface area contributed by atoms with E-state index in [1.807, 2.05) is 4.90 Å². The van der Waals surface area contributed by atoms with Gasteiger partial charge >= 0.3 is 5.97 Å². The molecule has 0 radical (unpaired) electrons. The first-order valence-corrected chi connectivity index (χ1v) is 9.88. The SMILES string of the molecule is COC(=O)C1=C2C(=O)NCCN2C2=C(C(=O)CCC2)[C@H]1c1ccc(OC)cc1OC. The monoisotopic (exact) mass is 412 g/mol. The first kappa shape index (κ1) is 20.0. The smallest absolute Gasteiger partial charge is 0.337 e. The number of ketones is 1. The molecule has 1 aromatic rings. The zero-order chi connectivity index (χ0) is 21.4. The normalized spacial score (nSPS) is 21.0. The molecule has 2 heterocycles. The molecule has 30 heavy (non-hydrogen) atoms. The summed E-state index contributed by atoms with van der Waals surface area (Å²) >= 11 is 0. The van der Waals surface area contributed by atoms with Crippen molar-refractivity contribution in [2.24, 2.45) is 0 Å². The van der Waals surface area contributed by atoms with Crippen LogP contribution in [0.2, 0.25) is 0 Å². The third-order valence-electron chi connectivity index (χ3n) is 5.85. The highest BCUT2D eigenvalue weighted by Crippen LogP contribution is 2.49. The van der Waals surface area contributed by atoms with Gasteiger partial charge in [0.2, 0.25) is 0 Å². The van der Waals surface area contributed by atoms with Crippen LogP contribution in [0.5, 0.6) is 11.5 Å². The van der Waals surface area contributed by atoms with Crippen molar-refractivity contribution in [1.29, 1.82) is 0 Å². The van der Waals surface area contributed by atoms with Crippen LogP contribution in [0.25, 0.3) is 0 Å². The zero-order valence-corrected chi connectivity index (χ0v) is 17.2. The number of ether oxygens (including phenoxy) is 3. The predicted octanol–water partition coefficient (Wildman–Crippen LogP) is 1.67. The van der Waals surface area contributed by atoms with Crippen LogP contribution in [0.3, 0.4) is 0 Å². The summed E-state index contributed by atoms with van der Waals surface area (Å²) in [5, 5.41) is 2.81. The van der Waals surface area contributed by atoms with Crippen molar-refractivity contribution in [3.8, 4) is 11.5 Å². The summed E-state index contributed by atoms with van der Waals surface area (Å²) in [6.07, 6.45) is 1.78. The lowest BCUT2D eigenvalue weighted by Gasteiger charge is -2.43. The van der Waals surface area contributed by atoms with Gasteiger partial charge in [0, 0.05) is 42.4 Å². The summed E-state index contributed by atoms with van der Waals surface area (Å²) in [5.74, 6) is -0.707. The molecule has 1 atom stereocenters. The van der Waals surface area contributed by atoms with Gasteiger partial charge in [0.25, 0.3) is 5.91 Å². The number of rotatable bonds is 4. The van der Waals surface area contributed by atoms with Crippen LogP contribution in [-0.2, 0) is 19.1 Å². The average molecular weight is 412 g/mol. The lowest BCUT2D eigenvalue weighted by atomic mass is 9.73. The van der Waals surface area contributed by atoms with Gasteiger partial charge in [-0.25, -0.2) is 4.79 Å². The molecule has 8 heteroatoms. The van der Waals surface area contributed by atoms with Gasteiger partial charge in [-0.15, -0.1) is 0 Å². The third-order valence-corrected chi connectivity index (χ3v) is 5.85. The minimum atomic E-state index is -0.754. The van der Waals surface area contributed by atoms with E-state index >= 15 is 0 Å². The van der Waals surface area contributed by atoms with E-state index in [-0.39, 0.29) is 23.0 Å². The van der Waals surface area contributed by atoms with E-state index in [9.17, 15) is 14.4 Å². The Labute approximate surface area is 174 Å². The number of nitrogens with zero attached hydrogens (tertiary/aromatic N) is 1. The van der Waals surface area contributed by atoms with Gasteiger partial charge in [0.05, 0.1) is 32.8 Å². The van der Waals surface area contributed by atoms with E-state index in [1.54, 1.807) is 25.3 Å². The summed E-state index contributed by atoms with van der Waals surface area (Å²) in [6.45, 7) is 0.943. The number of methoxy groups -OCH3 is 3. The third kappa shape index (κ3) is 3.03. The molecular weight excluding hydrogens is 388 g/mol. The van der Waals surface area contributed by atoms with Gasteiger partial charge in [-0.05, 0) is 18.9 Å². The molecule has 1 N–H and O–H groups in total. The second kappa shape index (κ2) is 7.85. The fraction of sp³-hybridized carbons (Fsp3) is 0.409. The number of piperazine rings is 1. The Bertz CT molecular complexity index is 993. The molecule has 1 saturated heterocycles. The maximum Gasteiger partial charge on any atom is 0.337 e. The van der Waals surface area contributed by atoms with Crippen molar-refractivity contribution in [2.75, 3.05) is 34.4 Å². The molecule has 0 bridgehead atoms. The molecule has 1 fully saturated rings. The highest BCUT2D eigenvalue weighted by Gasteiger charge is 2.46. The number of carbonyl (C=O) groups is 3. The standard InChI is InChI=1S/C22H24N2O6/c1-28-12-7-8-13(16(11-12)29-2)17-18-14(5-4-6-15(18)25)24-10-9-23-21(26)20(24)19(17)22(27)30-3/h7-8,11,17H,4-6,9-10H2,1-3H3,(H,23,26)/t17-/m1/s1. The molecule has 2 aliphatic heterocycles. The number of Topliss-reactive ketones (excluding diaryl/α,β-unsaturated/α-hetero) is 1. The zero-order valence-electron chi connectivity index (χ0n) is 17.2. The number of amides is 1. The Morgan fingerprint density at radius 2 is 1.93 bits per heavy atom. The first-order chi connectivity index (χ1) is 14.5. The van der Waals surface area contributed by atoms with E-state index in [1.165, 1.54) is 14.2 Å². The summed E-state index contributed by atoms with van der Waals surface area (Å²) < 4.78 is 15.9. The predicted molar refractivity (Wildman–Crippen MR) is 107 cm³/mol. The molecule has 0 spiro atoms. The second-order valence-electron chi connectivity index (χ2n) is 7.34. The van der Waals surface area contributed by atoms with E-state index in [4.69, 9.17) is 14.2 Å². The molecule has 1 aliphatic carbocycles. The fourth-order valence-electron chi connectivity index (χ4n) is 4.57. The van der Waals surface area contributed by atoms with Crippen LogP contribution in [-0.4, -0.2) is 57.0 Å². The van der Waals surface area contributed by atoms with Crippen molar-refractivity contribution < 1.29 is 28.6 Å². The van der Waals surface area contributed by atoms with Crippen LogP contribution in [0.4, 0.5) is 0 Å². The summed E-state index contributed by atoms with van der Waals surface area (Å²) in [7, 11) is 4.34. The minimum absolute atomic E-state index is 0.0226. The lowest BCUT2D eigenvalue weighted by molar-refractivity contribution is -0.137. The molecule has 8 nitrogen and oxygen atoms in total. The van der Waals surface area contributed by atoms with E-state index in [2.05, 4.69) is 5.32 Å². The number of hydrogen-bond donors (Lipinski definition) is 1. The van der Waals surface area contributed by atoms with E-state index in [0.29, 0.717) is 55.0 Å². The van der Waals surface area contributed by atoms with Crippen molar-refractivity contribution in [1.82, 2.24) is 10.2 Å². The number of carbonyl (C=O) groups excluding carboxylic acids is 3. The number of allylic oxidation sites excluding steroid dienone is 2. The number of hydrogen-bond acceptors (Lipinski definition) is 7. The fourth-order valence-corrected chi connectivity index (χ4v) is 4.57. The van der Waals surface area contributed by atoms with Gasteiger partial charge in [-0.3, -0.25) is 9.59 Å². The Hall–Kier alpha value is -3.29. The quantitative estimate of drug-likeness (QED) is 0.752. The average Bonchev–Trinajstić information content (AvgIpc) is 2.77. The Kier molecular flexibility index (Phi) is 5.24. The van der Waals surface area contributed by atoms with Gasteiger partial charge in [-0.2, -0.15) is 0 Å². The van der Waals surface area contributed by atoms with E-state index < -0.39 is 11.9 Å². The molecule has 158 valence electrons. The first-order valence-electron chi connectivity index (χ1n) is 9.88. The van der Waals surface area contributed by atoms with Gasteiger partial charge in [0.15, 0.2) is 5.78 Å². The van der Waals surface area contributed by atoms with Crippen LogP contribution < -0.4 is 14.8 Å². The molecule has 0 aromatic heterocycles. The van der Waals surface area contributed by atoms with Crippen molar-refractivity contribution in [3.63, 3.8) is 0 Å². The van der Waals surface area contributed by atoms with Gasteiger partial charge < -0.3 is 24.4 Å². The summed E-state index contributed by atoms with van der Waals surface area (Å²) in [6, 6.07) is 5.22. The summed E-state index contributed by atoms with van der Waals surface area (Å²) in [5.41, 5.74) is 2.39. The van der Waals surface area contributed by atoms with Crippen LogP contribution >= 0.6 is 0 Å². The molecule has 4 rings (SSSR count). The van der Waals surface area contributed by atoms with Crippen LogP contribution in [0.15, 0.2) is 40.7 Å². The number of fused-ring (bicyclic) bond motifs is 2. The van der Waals surface area contributed by atoms with Crippen molar-refractivity contribution in [3.05, 3.63) is 46.3 Å². The topological polar surface area (TPSA) is 94.2 Å². The van der Waals surface area contributed by atoms with E-state index in [0.717, 1.165) is 5.70 Å². The number of benzene rings is 1. The van der Waals surface area contributed by atoms with Crippen LogP contribution in [0, 0.1) is 0 Å². The molecule has 1 amide bonds. The molecular formula is C22H24N2O6. The minimum Gasteiger partial charge on any atom is -0.497 e. The number of esters is 1. The molecule has 3 aliphatic rings. The largest absolute Gasteiger partial charge is 0.497 e. The molecule has 0 saturated carbocycles. The Morgan fingerprint density at radius 3 is 2.63 bits per heavy atom. The Morgan fingerprint density at radius 1 is 1.13 bits per heavy atom. The molecule has 1 aromatic carbocycles. The second-order valence-corrected chi connectivity index (χ2v) is 7.34. The number of nitrogens with one attached hydrogen (secondary N) is 1. The maximum atomic E-state index is 13.1. The molecule has 0 unspecified atom stereocenters. The highest BCUT2D eigenvalue weighted by molar-refractivity contribution is 6.09. The van der Waals surface area contributed by atoms with Gasteiger partial charge in [0.1, 0.15) is 17.2 Å². The lowest BCUT2D eigenvalue weighted by Crippen LogP contribution is -2.50. The van der Waals surface area contributed by atoms with Gasteiger partial charge in [-0.1, -0.05) is 6.07 Å². The van der Waals surface area contributed by atoms with Crippen molar-refractivity contribution >= 4 is 17.7 Å².